The number of carbonyl (C=O) groups is 1. The second-order valence-electron chi connectivity index (χ2n) is 4.29. The molecular weight excluding hydrogens is 284 g/mol. The molecule has 0 radical (unpaired) electrons. The van der Waals surface area contributed by atoms with Gasteiger partial charge in [0.15, 0.2) is 11.6 Å². The monoisotopic (exact) mass is 295 g/mol. The van der Waals surface area contributed by atoms with Gasteiger partial charge in [-0.05, 0) is 36.8 Å². The molecule has 5 heteroatoms. The van der Waals surface area contributed by atoms with Crippen molar-refractivity contribution in [3.63, 3.8) is 0 Å². The van der Waals surface area contributed by atoms with Crippen molar-refractivity contribution in [1.82, 2.24) is 0 Å². The lowest BCUT2D eigenvalue weighted by molar-refractivity contribution is 0.102. The average Bonchev–Trinajstić information content (AvgIpc) is 2.42. The van der Waals surface area contributed by atoms with Gasteiger partial charge in [0.25, 0.3) is 5.91 Å². The molecule has 2 nitrogen and oxygen atoms in total. The fourth-order valence-corrected chi connectivity index (χ4v) is 1.98. The lowest BCUT2D eigenvalue weighted by atomic mass is 10.1. The van der Waals surface area contributed by atoms with Crippen LogP contribution in [0.1, 0.15) is 28.2 Å². The number of carbonyl (C=O) groups excluding carboxylic acids is 1. The van der Waals surface area contributed by atoms with Gasteiger partial charge in [-0.1, -0.05) is 18.2 Å². The predicted molar refractivity (Wildman–Crippen MR) is 75.0 cm³/mol. The molecule has 0 aliphatic heterocycles. The van der Waals surface area contributed by atoms with E-state index in [1.54, 1.807) is 31.2 Å². The topological polar surface area (TPSA) is 29.1 Å². The highest BCUT2D eigenvalue weighted by Gasteiger charge is 2.13. The number of hydrogen-bond acceptors (Lipinski definition) is 1. The maximum absolute atomic E-state index is 13.1. The third-order valence-electron chi connectivity index (χ3n) is 2.82. The Labute approximate surface area is 120 Å². The minimum atomic E-state index is -1.06. The standard InChI is InChI=1S/C15H12ClF2NO/c1-9(16)11-4-2-3-5-14(11)19-15(20)10-6-7-12(17)13(18)8-10/h2-9H,1H3,(H,19,20). The summed E-state index contributed by atoms with van der Waals surface area (Å²) in [7, 11) is 0. The van der Waals surface area contributed by atoms with Crippen LogP contribution < -0.4 is 5.32 Å². The first-order valence-corrected chi connectivity index (χ1v) is 6.42. The zero-order chi connectivity index (χ0) is 14.7. The molecule has 1 amide bonds. The number of benzene rings is 2. The van der Waals surface area contributed by atoms with Gasteiger partial charge in [0, 0.05) is 11.3 Å². The van der Waals surface area contributed by atoms with Crippen molar-refractivity contribution in [3.05, 3.63) is 65.2 Å². The molecule has 0 saturated carbocycles. The van der Waals surface area contributed by atoms with Crippen LogP contribution in [0.5, 0.6) is 0 Å². The lowest BCUT2D eigenvalue weighted by Gasteiger charge is -2.12. The van der Waals surface area contributed by atoms with Crippen molar-refractivity contribution in [2.75, 3.05) is 5.32 Å². The molecule has 1 N–H and O–H groups in total. The molecule has 2 rings (SSSR count). The smallest absolute Gasteiger partial charge is 0.255 e. The first kappa shape index (κ1) is 14.5. The van der Waals surface area contributed by atoms with E-state index < -0.39 is 17.5 Å². The molecule has 1 atom stereocenters. The quantitative estimate of drug-likeness (QED) is 0.829. The Morgan fingerprint density at radius 1 is 1.15 bits per heavy atom. The van der Waals surface area contributed by atoms with E-state index in [2.05, 4.69) is 5.32 Å². The molecule has 0 aliphatic rings. The van der Waals surface area contributed by atoms with Crippen molar-refractivity contribution in [1.29, 1.82) is 0 Å². The maximum atomic E-state index is 13.1. The molecule has 0 spiro atoms. The van der Waals surface area contributed by atoms with E-state index in [0.29, 0.717) is 5.69 Å². The van der Waals surface area contributed by atoms with Crippen molar-refractivity contribution in [3.8, 4) is 0 Å². The Hall–Kier alpha value is -1.94. The summed E-state index contributed by atoms with van der Waals surface area (Å²) in [6.45, 7) is 1.78. The van der Waals surface area contributed by atoms with Gasteiger partial charge in [-0.15, -0.1) is 11.6 Å². The molecule has 2 aromatic rings. The van der Waals surface area contributed by atoms with E-state index in [9.17, 15) is 13.6 Å². The number of alkyl halides is 1. The van der Waals surface area contributed by atoms with Gasteiger partial charge in [0.05, 0.1) is 5.38 Å². The van der Waals surface area contributed by atoms with E-state index in [1.165, 1.54) is 6.07 Å². The van der Waals surface area contributed by atoms with E-state index in [4.69, 9.17) is 11.6 Å². The van der Waals surface area contributed by atoms with Crippen molar-refractivity contribution < 1.29 is 13.6 Å². The molecule has 0 aliphatic carbocycles. The Kier molecular flexibility index (Phi) is 4.35. The molecule has 0 aromatic heterocycles. The van der Waals surface area contributed by atoms with Crippen LogP contribution in [0, 0.1) is 11.6 Å². The molecule has 1 unspecified atom stereocenters. The molecule has 2 aromatic carbocycles. The SMILES string of the molecule is CC(Cl)c1ccccc1NC(=O)c1ccc(F)c(F)c1. The lowest BCUT2D eigenvalue weighted by Crippen LogP contribution is -2.14. The molecule has 0 fully saturated rings. The van der Waals surface area contributed by atoms with E-state index in [0.717, 1.165) is 17.7 Å². The summed E-state index contributed by atoms with van der Waals surface area (Å²) in [4.78, 5) is 12.0. The Balaban J connectivity index is 2.26. The molecule has 0 bridgehead atoms. The number of rotatable bonds is 3. The summed E-state index contributed by atoms with van der Waals surface area (Å²) in [6.07, 6.45) is 0. The summed E-state index contributed by atoms with van der Waals surface area (Å²) in [6, 6.07) is 10.0. The zero-order valence-corrected chi connectivity index (χ0v) is 11.4. The number of para-hydroxylation sites is 1. The van der Waals surface area contributed by atoms with Gasteiger partial charge in [-0.3, -0.25) is 4.79 Å². The third-order valence-corrected chi connectivity index (χ3v) is 3.05. The Morgan fingerprint density at radius 2 is 1.85 bits per heavy atom. The van der Waals surface area contributed by atoms with Crippen LogP contribution in [0.4, 0.5) is 14.5 Å². The van der Waals surface area contributed by atoms with Crippen molar-refractivity contribution >= 4 is 23.2 Å². The summed E-state index contributed by atoms with van der Waals surface area (Å²) in [5.41, 5.74) is 1.34. The molecule has 0 heterocycles. The van der Waals surface area contributed by atoms with Crippen molar-refractivity contribution in [2.45, 2.75) is 12.3 Å². The molecular formula is C15H12ClF2NO. The summed E-state index contributed by atoms with van der Waals surface area (Å²) in [5, 5.41) is 2.36. The largest absolute Gasteiger partial charge is 0.322 e. The first-order valence-electron chi connectivity index (χ1n) is 5.98. The zero-order valence-electron chi connectivity index (χ0n) is 10.7. The van der Waals surface area contributed by atoms with E-state index in [-0.39, 0.29) is 10.9 Å². The number of nitrogens with one attached hydrogen (secondary N) is 1. The van der Waals surface area contributed by atoms with Gasteiger partial charge in [-0.2, -0.15) is 0 Å². The maximum Gasteiger partial charge on any atom is 0.255 e. The number of anilines is 1. The summed E-state index contributed by atoms with van der Waals surface area (Å²) in [5.74, 6) is -2.57. The highest BCUT2D eigenvalue weighted by molar-refractivity contribution is 6.21. The fraction of sp³-hybridized carbons (Fsp3) is 0.133. The average molecular weight is 296 g/mol. The van der Waals surface area contributed by atoms with Crippen LogP contribution in [0.3, 0.4) is 0 Å². The van der Waals surface area contributed by atoms with Gasteiger partial charge < -0.3 is 5.32 Å². The Morgan fingerprint density at radius 3 is 2.50 bits per heavy atom. The van der Waals surface area contributed by atoms with Crippen LogP contribution in [0.2, 0.25) is 0 Å². The normalized spacial score (nSPS) is 12.0. The van der Waals surface area contributed by atoms with Crippen LogP contribution in [-0.2, 0) is 0 Å². The van der Waals surface area contributed by atoms with Gasteiger partial charge in [0.1, 0.15) is 0 Å². The minimum Gasteiger partial charge on any atom is -0.322 e. The molecule has 0 saturated heterocycles. The number of halogens is 3. The summed E-state index contributed by atoms with van der Waals surface area (Å²) < 4.78 is 25.9. The second kappa shape index (κ2) is 6.01. The second-order valence-corrected chi connectivity index (χ2v) is 4.94. The van der Waals surface area contributed by atoms with Gasteiger partial charge in [0.2, 0.25) is 0 Å². The summed E-state index contributed by atoms with van der Waals surface area (Å²) >= 11 is 6.02. The predicted octanol–water partition coefficient (Wildman–Crippen LogP) is 4.52. The highest BCUT2D eigenvalue weighted by Crippen LogP contribution is 2.27. The van der Waals surface area contributed by atoms with E-state index >= 15 is 0 Å². The van der Waals surface area contributed by atoms with Crippen LogP contribution in [0.15, 0.2) is 42.5 Å². The van der Waals surface area contributed by atoms with Crippen LogP contribution in [-0.4, -0.2) is 5.91 Å². The van der Waals surface area contributed by atoms with Crippen LogP contribution in [0.25, 0.3) is 0 Å². The number of hydrogen-bond donors (Lipinski definition) is 1. The van der Waals surface area contributed by atoms with Gasteiger partial charge >= 0.3 is 0 Å². The third kappa shape index (κ3) is 3.14. The highest BCUT2D eigenvalue weighted by atomic mass is 35.5. The van der Waals surface area contributed by atoms with Crippen LogP contribution >= 0.6 is 11.6 Å². The van der Waals surface area contributed by atoms with Crippen molar-refractivity contribution in [2.24, 2.45) is 0 Å². The van der Waals surface area contributed by atoms with E-state index in [1.807, 2.05) is 0 Å². The fourth-order valence-electron chi connectivity index (χ4n) is 1.79. The Bertz CT molecular complexity index is 644. The number of amides is 1. The van der Waals surface area contributed by atoms with Gasteiger partial charge in [-0.25, -0.2) is 8.78 Å². The molecule has 104 valence electrons. The minimum absolute atomic E-state index is 0.0425. The molecule has 20 heavy (non-hydrogen) atoms. The first-order chi connectivity index (χ1) is 9.49.